The molecule has 0 spiro atoms. The Balaban J connectivity index is 1.89. The molecule has 0 atom stereocenters. The molecule has 3 rings (SSSR count). The second-order valence-corrected chi connectivity index (χ2v) is 4.18. The van der Waals surface area contributed by atoms with Crippen LogP contribution in [0.15, 0.2) is 60.9 Å². The Kier molecular flexibility index (Phi) is 3.24. The lowest BCUT2D eigenvalue weighted by atomic mass is 10.2. The van der Waals surface area contributed by atoms with E-state index in [9.17, 15) is 0 Å². The third-order valence-electron chi connectivity index (χ3n) is 2.78. The smallest absolute Gasteiger partial charge is 0.147 e. The molecule has 0 aromatic carbocycles. The molecule has 0 aliphatic rings. The highest BCUT2D eigenvalue weighted by atomic mass is 15.0. The lowest BCUT2D eigenvalue weighted by molar-refractivity contribution is 1.24. The Morgan fingerprint density at radius 2 is 1.60 bits per heavy atom. The summed E-state index contributed by atoms with van der Waals surface area (Å²) >= 11 is 0. The summed E-state index contributed by atoms with van der Waals surface area (Å²) < 4.78 is 0. The van der Waals surface area contributed by atoms with Crippen LogP contribution in [0.1, 0.15) is 0 Å². The van der Waals surface area contributed by atoms with Crippen LogP contribution in [0.4, 0.5) is 17.3 Å². The molecular formula is C15H13N5. The van der Waals surface area contributed by atoms with Gasteiger partial charge < -0.3 is 11.1 Å². The lowest BCUT2D eigenvalue weighted by Crippen LogP contribution is -2.01. The van der Waals surface area contributed by atoms with E-state index in [0.29, 0.717) is 5.82 Å². The molecule has 0 radical (unpaired) electrons. The highest BCUT2D eigenvalue weighted by Crippen LogP contribution is 2.23. The van der Waals surface area contributed by atoms with Crippen molar-refractivity contribution in [2.24, 2.45) is 0 Å². The Bertz CT molecular complexity index is 698. The second kappa shape index (κ2) is 5.36. The van der Waals surface area contributed by atoms with E-state index in [0.717, 1.165) is 22.9 Å². The van der Waals surface area contributed by atoms with Crippen LogP contribution < -0.4 is 11.1 Å². The average Bonchev–Trinajstić information content (AvgIpc) is 2.51. The van der Waals surface area contributed by atoms with E-state index < -0.39 is 0 Å². The van der Waals surface area contributed by atoms with Crippen LogP contribution in [-0.2, 0) is 0 Å². The van der Waals surface area contributed by atoms with Gasteiger partial charge in [0.1, 0.15) is 11.6 Å². The standard InChI is InChI=1S/C15H13N5/c16-15-13(19-14-6-2-4-10-18-14)8-7-12(20-15)11-5-1-3-9-17-11/h1-10H,(H2,16,20)(H,18,19). The predicted octanol–water partition coefficient (Wildman–Crippen LogP) is 2.86. The summed E-state index contributed by atoms with van der Waals surface area (Å²) in [6, 6.07) is 15.1. The van der Waals surface area contributed by atoms with Crippen LogP contribution in [0, 0.1) is 0 Å². The van der Waals surface area contributed by atoms with Gasteiger partial charge in [0.05, 0.1) is 17.1 Å². The van der Waals surface area contributed by atoms with Crippen molar-refractivity contribution in [2.45, 2.75) is 0 Å². The van der Waals surface area contributed by atoms with Gasteiger partial charge in [0.25, 0.3) is 0 Å². The van der Waals surface area contributed by atoms with E-state index in [-0.39, 0.29) is 0 Å². The molecule has 98 valence electrons. The maximum atomic E-state index is 5.98. The fraction of sp³-hybridized carbons (Fsp3) is 0. The zero-order valence-corrected chi connectivity index (χ0v) is 10.7. The van der Waals surface area contributed by atoms with Gasteiger partial charge in [0.2, 0.25) is 0 Å². The van der Waals surface area contributed by atoms with Gasteiger partial charge in [0, 0.05) is 12.4 Å². The van der Waals surface area contributed by atoms with Gasteiger partial charge in [-0.15, -0.1) is 0 Å². The summed E-state index contributed by atoms with van der Waals surface area (Å²) in [4.78, 5) is 12.8. The lowest BCUT2D eigenvalue weighted by Gasteiger charge is -2.09. The molecule has 3 heterocycles. The summed E-state index contributed by atoms with van der Waals surface area (Å²) in [6.07, 6.45) is 3.45. The fourth-order valence-corrected chi connectivity index (χ4v) is 1.81. The quantitative estimate of drug-likeness (QED) is 0.759. The number of nitrogens with zero attached hydrogens (tertiary/aromatic N) is 3. The molecule has 0 fully saturated rings. The number of nitrogens with one attached hydrogen (secondary N) is 1. The molecular weight excluding hydrogens is 250 g/mol. The van der Waals surface area contributed by atoms with Crippen molar-refractivity contribution in [3.8, 4) is 11.4 Å². The molecule has 0 saturated carbocycles. The van der Waals surface area contributed by atoms with E-state index >= 15 is 0 Å². The van der Waals surface area contributed by atoms with Crippen LogP contribution in [0.2, 0.25) is 0 Å². The topological polar surface area (TPSA) is 76.7 Å². The first-order valence-corrected chi connectivity index (χ1v) is 6.19. The fourth-order valence-electron chi connectivity index (χ4n) is 1.81. The van der Waals surface area contributed by atoms with E-state index in [1.165, 1.54) is 0 Å². The third-order valence-corrected chi connectivity index (χ3v) is 2.78. The Labute approximate surface area is 116 Å². The van der Waals surface area contributed by atoms with Crippen LogP contribution in [0.5, 0.6) is 0 Å². The minimum absolute atomic E-state index is 0.416. The molecule has 3 N–H and O–H groups in total. The Hall–Kier alpha value is -2.95. The van der Waals surface area contributed by atoms with Crippen molar-refractivity contribution in [3.05, 3.63) is 60.9 Å². The van der Waals surface area contributed by atoms with Crippen molar-refractivity contribution < 1.29 is 0 Å². The normalized spacial score (nSPS) is 10.2. The molecule has 0 aliphatic carbocycles. The van der Waals surface area contributed by atoms with Gasteiger partial charge in [-0.25, -0.2) is 9.97 Å². The Morgan fingerprint density at radius 3 is 2.25 bits per heavy atom. The van der Waals surface area contributed by atoms with Crippen LogP contribution in [0.3, 0.4) is 0 Å². The number of hydrogen-bond acceptors (Lipinski definition) is 5. The maximum absolute atomic E-state index is 5.98. The zero-order chi connectivity index (χ0) is 13.8. The number of pyridine rings is 3. The van der Waals surface area contributed by atoms with Crippen molar-refractivity contribution in [1.29, 1.82) is 0 Å². The van der Waals surface area contributed by atoms with Gasteiger partial charge in [-0.2, -0.15) is 0 Å². The van der Waals surface area contributed by atoms with Crippen molar-refractivity contribution >= 4 is 17.3 Å². The summed E-state index contributed by atoms with van der Waals surface area (Å²) in [6.45, 7) is 0. The number of nitrogen functional groups attached to an aromatic ring is 1. The molecule has 0 saturated heterocycles. The van der Waals surface area contributed by atoms with Crippen LogP contribution >= 0.6 is 0 Å². The first-order chi connectivity index (χ1) is 9.83. The Morgan fingerprint density at radius 1 is 0.800 bits per heavy atom. The van der Waals surface area contributed by atoms with Crippen molar-refractivity contribution in [3.63, 3.8) is 0 Å². The zero-order valence-electron chi connectivity index (χ0n) is 10.7. The molecule has 3 aromatic heterocycles. The number of hydrogen-bond donors (Lipinski definition) is 2. The predicted molar refractivity (Wildman–Crippen MR) is 79.4 cm³/mol. The number of nitrogens with two attached hydrogens (primary N) is 1. The molecule has 3 aromatic rings. The molecule has 5 heteroatoms. The van der Waals surface area contributed by atoms with E-state index in [4.69, 9.17) is 5.73 Å². The molecule has 0 bridgehead atoms. The van der Waals surface area contributed by atoms with Gasteiger partial charge >= 0.3 is 0 Å². The SMILES string of the molecule is Nc1nc(-c2ccccn2)ccc1Nc1ccccn1. The molecule has 5 nitrogen and oxygen atoms in total. The molecule has 0 unspecified atom stereocenters. The summed E-state index contributed by atoms with van der Waals surface area (Å²) in [5.41, 5.74) is 8.24. The van der Waals surface area contributed by atoms with Crippen LogP contribution in [-0.4, -0.2) is 15.0 Å². The van der Waals surface area contributed by atoms with E-state index in [1.807, 2.05) is 48.5 Å². The number of rotatable bonds is 3. The molecule has 0 amide bonds. The summed E-state index contributed by atoms with van der Waals surface area (Å²) in [5, 5.41) is 3.13. The minimum atomic E-state index is 0.416. The maximum Gasteiger partial charge on any atom is 0.147 e. The van der Waals surface area contributed by atoms with Crippen molar-refractivity contribution in [2.75, 3.05) is 11.1 Å². The average molecular weight is 263 g/mol. The van der Waals surface area contributed by atoms with E-state index in [1.54, 1.807) is 12.4 Å². The van der Waals surface area contributed by atoms with Crippen molar-refractivity contribution in [1.82, 2.24) is 15.0 Å². The largest absolute Gasteiger partial charge is 0.382 e. The molecule has 20 heavy (non-hydrogen) atoms. The first kappa shape index (κ1) is 12.1. The second-order valence-electron chi connectivity index (χ2n) is 4.18. The first-order valence-electron chi connectivity index (χ1n) is 6.19. The number of aromatic nitrogens is 3. The summed E-state index contributed by atoms with van der Waals surface area (Å²) in [5.74, 6) is 1.14. The highest BCUT2D eigenvalue weighted by molar-refractivity contribution is 5.71. The van der Waals surface area contributed by atoms with Crippen LogP contribution in [0.25, 0.3) is 11.4 Å². The highest BCUT2D eigenvalue weighted by Gasteiger charge is 2.05. The number of anilines is 3. The van der Waals surface area contributed by atoms with Gasteiger partial charge in [-0.3, -0.25) is 4.98 Å². The minimum Gasteiger partial charge on any atom is -0.382 e. The third kappa shape index (κ3) is 2.56. The molecule has 0 aliphatic heterocycles. The van der Waals surface area contributed by atoms with Gasteiger partial charge in [-0.1, -0.05) is 12.1 Å². The van der Waals surface area contributed by atoms with Gasteiger partial charge in [-0.05, 0) is 36.4 Å². The monoisotopic (exact) mass is 263 g/mol. The van der Waals surface area contributed by atoms with E-state index in [2.05, 4.69) is 20.3 Å². The van der Waals surface area contributed by atoms with Gasteiger partial charge in [0.15, 0.2) is 0 Å². The summed E-state index contributed by atoms with van der Waals surface area (Å²) in [7, 11) is 0.